The lowest BCUT2D eigenvalue weighted by atomic mass is 10.0. The van der Waals surface area contributed by atoms with Gasteiger partial charge in [0.15, 0.2) is 6.61 Å². The van der Waals surface area contributed by atoms with Crippen LogP contribution in [0.1, 0.15) is 24.8 Å². The summed E-state index contributed by atoms with van der Waals surface area (Å²) in [5.41, 5.74) is 0.987. The summed E-state index contributed by atoms with van der Waals surface area (Å²) < 4.78 is 5.08. The molecule has 1 amide bonds. The Balaban J connectivity index is 1.82. The Bertz CT molecular complexity index is 550. The first-order chi connectivity index (χ1) is 10.5. The van der Waals surface area contributed by atoms with E-state index in [0.717, 1.165) is 18.4 Å². The molecule has 0 heterocycles. The third-order valence-electron chi connectivity index (χ3n) is 3.68. The summed E-state index contributed by atoms with van der Waals surface area (Å²) in [7, 11) is 1.80. The molecule has 0 saturated heterocycles. The van der Waals surface area contributed by atoms with Gasteiger partial charge in [0.1, 0.15) is 5.75 Å². The van der Waals surface area contributed by atoms with Gasteiger partial charge in [-0.2, -0.15) is 0 Å². The lowest BCUT2D eigenvalue weighted by molar-refractivity contribution is -0.139. The number of carboxylic acid groups (broad SMARTS) is 1. The van der Waals surface area contributed by atoms with Crippen LogP contribution in [0.25, 0.3) is 0 Å². The van der Waals surface area contributed by atoms with Crippen molar-refractivity contribution in [2.75, 3.05) is 13.7 Å². The number of benzene rings is 1. The molecule has 5 heteroatoms. The van der Waals surface area contributed by atoms with Crippen molar-refractivity contribution in [1.29, 1.82) is 0 Å². The van der Waals surface area contributed by atoms with Gasteiger partial charge in [0.25, 0.3) is 0 Å². The fraction of sp³-hybridized carbons (Fsp3) is 0.412. The average Bonchev–Trinajstić information content (AvgIpc) is 2.99. The Hall–Kier alpha value is -2.30. The first-order valence-corrected chi connectivity index (χ1v) is 7.39. The number of carboxylic acids is 1. The van der Waals surface area contributed by atoms with Crippen LogP contribution in [0.2, 0.25) is 0 Å². The summed E-state index contributed by atoms with van der Waals surface area (Å²) >= 11 is 0. The highest BCUT2D eigenvalue weighted by Gasteiger charge is 2.17. The number of allylic oxidation sites excluding steroid dienone is 2. The number of rotatable bonds is 7. The van der Waals surface area contributed by atoms with Crippen LogP contribution in [-0.4, -0.2) is 35.5 Å². The second-order valence-corrected chi connectivity index (χ2v) is 5.55. The Morgan fingerprint density at radius 2 is 2.05 bits per heavy atom. The van der Waals surface area contributed by atoms with Gasteiger partial charge >= 0.3 is 5.97 Å². The maximum absolute atomic E-state index is 12.1. The standard InChI is InChI=1S/C17H21NO4/c1-18(16(19)10-13-4-2-3-5-13)11-14-6-8-15(9-7-14)22-12-17(20)21/h2,4,6-9,13H,3,5,10-12H2,1H3,(H,20,21). The van der Waals surface area contributed by atoms with E-state index in [0.29, 0.717) is 24.6 Å². The van der Waals surface area contributed by atoms with E-state index >= 15 is 0 Å². The SMILES string of the molecule is CN(Cc1ccc(OCC(=O)O)cc1)C(=O)CC1C=CCC1. The highest BCUT2D eigenvalue weighted by molar-refractivity contribution is 5.76. The molecular weight excluding hydrogens is 282 g/mol. The van der Waals surface area contributed by atoms with Gasteiger partial charge in [-0.25, -0.2) is 4.79 Å². The van der Waals surface area contributed by atoms with Crippen LogP contribution in [0, 0.1) is 5.92 Å². The average molecular weight is 303 g/mol. The summed E-state index contributed by atoms with van der Waals surface area (Å²) in [6, 6.07) is 7.12. The maximum Gasteiger partial charge on any atom is 0.341 e. The molecule has 2 rings (SSSR count). The summed E-state index contributed by atoms with van der Waals surface area (Å²) in [5.74, 6) is 0.0242. The number of aliphatic carboxylic acids is 1. The fourth-order valence-electron chi connectivity index (χ4n) is 2.44. The zero-order valence-corrected chi connectivity index (χ0v) is 12.7. The molecule has 0 bridgehead atoms. The summed E-state index contributed by atoms with van der Waals surface area (Å²) in [6.07, 6.45) is 6.95. The molecule has 0 radical (unpaired) electrons. The molecule has 1 aliphatic rings. The number of carbonyl (C=O) groups is 2. The molecule has 118 valence electrons. The lowest BCUT2D eigenvalue weighted by Crippen LogP contribution is -2.27. The van der Waals surface area contributed by atoms with E-state index in [2.05, 4.69) is 12.2 Å². The topological polar surface area (TPSA) is 66.8 Å². The van der Waals surface area contributed by atoms with Gasteiger partial charge in [-0.3, -0.25) is 4.79 Å². The van der Waals surface area contributed by atoms with Gasteiger partial charge in [0.2, 0.25) is 5.91 Å². The Kier molecular flexibility index (Phi) is 5.58. The smallest absolute Gasteiger partial charge is 0.341 e. The van der Waals surface area contributed by atoms with E-state index in [1.54, 1.807) is 24.1 Å². The molecule has 22 heavy (non-hydrogen) atoms. The van der Waals surface area contributed by atoms with Crippen LogP contribution >= 0.6 is 0 Å². The number of ether oxygens (including phenoxy) is 1. The van der Waals surface area contributed by atoms with E-state index < -0.39 is 5.97 Å². The fourth-order valence-corrected chi connectivity index (χ4v) is 2.44. The first-order valence-electron chi connectivity index (χ1n) is 7.39. The van der Waals surface area contributed by atoms with Gasteiger partial charge in [0, 0.05) is 20.0 Å². The van der Waals surface area contributed by atoms with Crippen LogP contribution < -0.4 is 4.74 Å². The molecule has 1 aliphatic carbocycles. The summed E-state index contributed by atoms with van der Waals surface area (Å²) in [4.78, 5) is 24.3. The third kappa shape index (κ3) is 4.91. The van der Waals surface area contributed by atoms with E-state index in [-0.39, 0.29) is 12.5 Å². The predicted octanol–water partition coefficient (Wildman–Crippen LogP) is 2.46. The molecule has 1 N–H and O–H groups in total. The van der Waals surface area contributed by atoms with Crippen LogP contribution in [0.4, 0.5) is 0 Å². The molecule has 0 aliphatic heterocycles. The third-order valence-corrected chi connectivity index (χ3v) is 3.68. The maximum atomic E-state index is 12.1. The highest BCUT2D eigenvalue weighted by atomic mass is 16.5. The number of nitrogens with zero attached hydrogens (tertiary/aromatic N) is 1. The molecule has 0 spiro atoms. The quantitative estimate of drug-likeness (QED) is 0.786. The molecule has 1 unspecified atom stereocenters. The summed E-state index contributed by atoms with van der Waals surface area (Å²) in [6.45, 7) is 0.182. The lowest BCUT2D eigenvalue weighted by Gasteiger charge is -2.19. The van der Waals surface area contributed by atoms with Crippen LogP contribution in [-0.2, 0) is 16.1 Å². The predicted molar refractivity (Wildman–Crippen MR) is 82.5 cm³/mol. The normalized spacial score (nSPS) is 16.5. The van der Waals surface area contributed by atoms with Crippen molar-refractivity contribution in [3.8, 4) is 5.75 Å². The molecule has 5 nitrogen and oxygen atoms in total. The number of amides is 1. The monoisotopic (exact) mass is 303 g/mol. The van der Waals surface area contributed by atoms with Gasteiger partial charge in [0.05, 0.1) is 0 Å². The van der Waals surface area contributed by atoms with E-state index in [1.807, 2.05) is 12.1 Å². The van der Waals surface area contributed by atoms with Crippen molar-refractivity contribution in [2.45, 2.75) is 25.8 Å². The summed E-state index contributed by atoms with van der Waals surface area (Å²) in [5, 5.41) is 8.55. The number of hydrogen-bond acceptors (Lipinski definition) is 3. The van der Waals surface area contributed by atoms with Crippen molar-refractivity contribution in [1.82, 2.24) is 4.90 Å². The molecule has 1 aromatic rings. The molecule has 0 aromatic heterocycles. The van der Waals surface area contributed by atoms with E-state index in [9.17, 15) is 9.59 Å². The van der Waals surface area contributed by atoms with E-state index in [4.69, 9.17) is 9.84 Å². The Morgan fingerprint density at radius 3 is 2.64 bits per heavy atom. The largest absolute Gasteiger partial charge is 0.482 e. The van der Waals surface area contributed by atoms with Gasteiger partial charge in [-0.15, -0.1) is 0 Å². The minimum atomic E-state index is -1.00. The van der Waals surface area contributed by atoms with Crippen molar-refractivity contribution >= 4 is 11.9 Å². The molecule has 0 saturated carbocycles. The van der Waals surface area contributed by atoms with Crippen LogP contribution in [0.3, 0.4) is 0 Å². The number of carbonyl (C=O) groups excluding carboxylic acids is 1. The zero-order valence-electron chi connectivity index (χ0n) is 12.7. The molecule has 1 aromatic carbocycles. The second kappa shape index (κ2) is 7.64. The second-order valence-electron chi connectivity index (χ2n) is 5.55. The highest BCUT2D eigenvalue weighted by Crippen LogP contribution is 2.21. The molecular formula is C17H21NO4. The molecule has 0 fully saturated rings. The van der Waals surface area contributed by atoms with Crippen LogP contribution in [0.5, 0.6) is 5.75 Å². The first kappa shape index (κ1) is 16.1. The Morgan fingerprint density at radius 1 is 1.32 bits per heavy atom. The zero-order chi connectivity index (χ0) is 15.9. The van der Waals surface area contributed by atoms with Crippen molar-refractivity contribution in [3.63, 3.8) is 0 Å². The van der Waals surface area contributed by atoms with Gasteiger partial charge in [-0.05, 0) is 36.5 Å². The van der Waals surface area contributed by atoms with Crippen molar-refractivity contribution in [2.24, 2.45) is 5.92 Å². The van der Waals surface area contributed by atoms with E-state index in [1.165, 1.54) is 0 Å². The van der Waals surface area contributed by atoms with Crippen LogP contribution in [0.15, 0.2) is 36.4 Å². The van der Waals surface area contributed by atoms with Crippen molar-refractivity contribution < 1.29 is 19.4 Å². The minimum Gasteiger partial charge on any atom is -0.482 e. The number of hydrogen-bond donors (Lipinski definition) is 1. The van der Waals surface area contributed by atoms with Crippen molar-refractivity contribution in [3.05, 3.63) is 42.0 Å². The molecule has 1 atom stereocenters. The Labute approximate surface area is 130 Å². The van der Waals surface area contributed by atoms with Gasteiger partial charge in [-0.1, -0.05) is 24.3 Å². The minimum absolute atomic E-state index is 0.141. The van der Waals surface area contributed by atoms with Gasteiger partial charge < -0.3 is 14.7 Å².